The van der Waals surface area contributed by atoms with Gasteiger partial charge in [0.2, 0.25) is 21.8 Å². The number of benzene rings is 3. The first-order valence-electron chi connectivity index (χ1n) is 12.9. The van der Waals surface area contributed by atoms with E-state index in [2.05, 4.69) is 5.32 Å². The van der Waals surface area contributed by atoms with Crippen LogP contribution in [0.1, 0.15) is 37.0 Å². The average Bonchev–Trinajstić information content (AvgIpc) is 2.92. The fraction of sp³-hybridized carbons (Fsp3) is 0.333. The lowest BCUT2D eigenvalue weighted by atomic mass is 10.0. The topological polar surface area (TPSA) is 86.8 Å². The van der Waals surface area contributed by atoms with Gasteiger partial charge in [-0.3, -0.25) is 13.9 Å². The minimum absolute atomic E-state index is 0.170. The number of sulfonamides is 1. The Morgan fingerprint density at radius 3 is 2.00 bits per heavy atom. The highest BCUT2D eigenvalue weighted by molar-refractivity contribution is 7.92. The predicted molar refractivity (Wildman–Crippen MR) is 152 cm³/mol. The van der Waals surface area contributed by atoms with E-state index in [1.54, 1.807) is 12.1 Å². The van der Waals surface area contributed by atoms with E-state index in [0.717, 1.165) is 33.7 Å². The number of amides is 2. The molecule has 202 valence electrons. The summed E-state index contributed by atoms with van der Waals surface area (Å²) in [6, 6.07) is 25.3. The maximum absolute atomic E-state index is 14.0. The predicted octanol–water partition coefficient (Wildman–Crippen LogP) is 4.18. The van der Waals surface area contributed by atoms with E-state index in [4.69, 9.17) is 0 Å². The first kappa shape index (κ1) is 28.9. The van der Waals surface area contributed by atoms with Crippen LogP contribution < -0.4 is 9.62 Å². The van der Waals surface area contributed by atoms with E-state index in [0.29, 0.717) is 25.1 Å². The van der Waals surface area contributed by atoms with E-state index in [1.165, 1.54) is 4.90 Å². The zero-order valence-electron chi connectivity index (χ0n) is 22.3. The third-order valence-electron chi connectivity index (χ3n) is 6.34. The third-order valence-corrected chi connectivity index (χ3v) is 7.46. The second kappa shape index (κ2) is 13.8. The monoisotopic (exact) mass is 535 g/mol. The molecular formula is C30H37N3O4S. The Labute approximate surface area is 226 Å². The van der Waals surface area contributed by atoms with Crippen molar-refractivity contribution in [2.24, 2.45) is 0 Å². The molecule has 0 saturated carbocycles. The summed E-state index contributed by atoms with van der Waals surface area (Å²) in [5.41, 5.74) is 3.05. The number of carbonyl (C=O) groups excluding carboxylic acids is 2. The fourth-order valence-electron chi connectivity index (χ4n) is 4.35. The van der Waals surface area contributed by atoms with Gasteiger partial charge in [-0.15, -0.1) is 0 Å². The molecule has 0 fully saturated rings. The fourth-order valence-corrected chi connectivity index (χ4v) is 5.23. The van der Waals surface area contributed by atoms with Crippen LogP contribution in [0.15, 0.2) is 84.9 Å². The van der Waals surface area contributed by atoms with E-state index in [9.17, 15) is 18.0 Å². The second-order valence-corrected chi connectivity index (χ2v) is 11.2. The molecule has 3 aromatic rings. The highest BCUT2D eigenvalue weighted by Crippen LogP contribution is 2.24. The minimum atomic E-state index is -3.79. The van der Waals surface area contributed by atoms with Crippen LogP contribution in [0.4, 0.5) is 5.69 Å². The number of para-hydroxylation sites is 1. The Balaban J connectivity index is 2.04. The van der Waals surface area contributed by atoms with Gasteiger partial charge in [0.1, 0.15) is 12.6 Å². The minimum Gasteiger partial charge on any atom is -0.354 e. The Hall–Kier alpha value is -3.65. The second-order valence-electron chi connectivity index (χ2n) is 9.26. The molecule has 3 rings (SSSR count). The largest absolute Gasteiger partial charge is 0.354 e. The molecule has 1 N–H and O–H groups in total. The van der Waals surface area contributed by atoms with Gasteiger partial charge in [-0.1, -0.05) is 92.7 Å². The van der Waals surface area contributed by atoms with E-state index in [-0.39, 0.29) is 12.5 Å². The average molecular weight is 536 g/mol. The van der Waals surface area contributed by atoms with Crippen LogP contribution in [0.25, 0.3) is 0 Å². The van der Waals surface area contributed by atoms with Gasteiger partial charge >= 0.3 is 0 Å². The lowest BCUT2D eigenvalue weighted by Gasteiger charge is -2.34. The quantitative estimate of drug-likeness (QED) is 0.356. The van der Waals surface area contributed by atoms with Crippen molar-refractivity contribution in [1.29, 1.82) is 0 Å². The molecule has 0 aliphatic carbocycles. The van der Waals surface area contributed by atoms with Crippen LogP contribution in [0.2, 0.25) is 0 Å². The van der Waals surface area contributed by atoms with Crippen molar-refractivity contribution >= 4 is 27.5 Å². The Morgan fingerprint density at radius 2 is 1.42 bits per heavy atom. The Bertz CT molecular complexity index is 1300. The van der Waals surface area contributed by atoms with Gasteiger partial charge in [0.15, 0.2) is 0 Å². The molecule has 0 spiro atoms. The molecule has 0 unspecified atom stereocenters. The summed E-state index contributed by atoms with van der Waals surface area (Å²) in [4.78, 5) is 29.0. The number of nitrogens with zero attached hydrogens (tertiary/aromatic N) is 2. The number of hydrogen-bond donors (Lipinski definition) is 1. The van der Waals surface area contributed by atoms with Crippen LogP contribution in [0.5, 0.6) is 0 Å². The molecule has 3 aromatic carbocycles. The molecule has 0 aromatic heterocycles. The van der Waals surface area contributed by atoms with E-state index < -0.39 is 28.5 Å². The van der Waals surface area contributed by atoms with E-state index >= 15 is 0 Å². The van der Waals surface area contributed by atoms with Gasteiger partial charge in [-0.25, -0.2) is 8.42 Å². The van der Waals surface area contributed by atoms with Crippen LogP contribution in [0.3, 0.4) is 0 Å². The number of anilines is 1. The summed E-state index contributed by atoms with van der Waals surface area (Å²) in [6.45, 7) is 4.15. The number of nitrogens with one attached hydrogen (secondary N) is 1. The maximum Gasteiger partial charge on any atom is 0.244 e. The van der Waals surface area contributed by atoms with Gasteiger partial charge in [-0.2, -0.15) is 0 Å². The molecule has 0 heterocycles. The van der Waals surface area contributed by atoms with Gasteiger partial charge in [0.25, 0.3) is 0 Å². The van der Waals surface area contributed by atoms with Crippen molar-refractivity contribution in [3.05, 3.63) is 102 Å². The Morgan fingerprint density at radius 1 is 0.842 bits per heavy atom. The molecule has 0 bridgehead atoms. The van der Waals surface area contributed by atoms with Crippen molar-refractivity contribution in [3.63, 3.8) is 0 Å². The molecule has 0 aliphatic rings. The lowest BCUT2D eigenvalue weighted by molar-refractivity contribution is -0.140. The molecule has 0 saturated heterocycles. The van der Waals surface area contributed by atoms with Crippen molar-refractivity contribution in [1.82, 2.24) is 10.2 Å². The van der Waals surface area contributed by atoms with Gasteiger partial charge in [0, 0.05) is 19.5 Å². The molecule has 2 amide bonds. The van der Waals surface area contributed by atoms with Crippen molar-refractivity contribution in [2.45, 2.75) is 45.7 Å². The molecule has 7 nitrogen and oxygen atoms in total. The maximum atomic E-state index is 14.0. The summed E-state index contributed by atoms with van der Waals surface area (Å²) in [5, 5.41) is 2.94. The van der Waals surface area contributed by atoms with Gasteiger partial charge in [-0.05, 0) is 35.6 Å². The zero-order valence-corrected chi connectivity index (χ0v) is 23.2. The van der Waals surface area contributed by atoms with Crippen LogP contribution in [-0.4, -0.2) is 50.5 Å². The smallest absolute Gasteiger partial charge is 0.244 e. The normalized spacial score (nSPS) is 12.0. The van der Waals surface area contributed by atoms with Crippen molar-refractivity contribution < 1.29 is 18.0 Å². The standard InChI is InChI=1S/C30H37N3O4S/c1-4-20-31-30(35)28(21-24-14-8-6-9-15-24)32(22-25-16-10-7-11-17-25)29(34)23-33(38(3,36)37)27-19-13-12-18-26(27)5-2/h6-19,28H,4-5,20-23H2,1-3H3,(H,31,35)/t28-/m0/s1. The number of hydrogen-bond acceptors (Lipinski definition) is 4. The summed E-state index contributed by atoms with van der Waals surface area (Å²) in [7, 11) is -3.79. The van der Waals surface area contributed by atoms with Gasteiger partial charge in [0.05, 0.1) is 11.9 Å². The van der Waals surface area contributed by atoms with Crippen LogP contribution >= 0.6 is 0 Å². The molecular weight excluding hydrogens is 498 g/mol. The molecule has 38 heavy (non-hydrogen) atoms. The first-order valence-corrected chi connectivity index (χ1v) is 14.8. The first-order chi connectivity index (χ1) is 18.2. The number of carbonyl (C=O) groups is 2. The number of rotatable bonds is 13. The lowest BCUT2D eigenvalue weighted by Crippen LogP contribution is -2.53. The molecule has 0 radical (unpaired) electrons. The summed E-state index contributed by atoms with van der Waals surface area (Å²) in [5.74, 6) is -0.711. The number of aryl methyl sites for hydroxylation is 1. The molecule has 8 heteroatoms. The molecule has 1 atom stereocenters. The summed E-state index contributed by atoms with van der Waals surface area (Å²) >= 11 is 0. The van der Waals surface area contributed by atoms with Crippen LogP contribution in [0, 0.1) is 0 Å². The van der Waals surface area contributed by atoms with Crippen LogP contribution in [-0.2, 0) is 39.0 Å². The SMILES string of the molecule is CCCNC(=O)[C@H](Cc1ccccc1)N(Cc1ccccc1)C(=O)CN(c1ccccc1CC)S(C)(=O)=O. The van der Waals surface area contributed by atoms with E-state index in [1.807, 2.05) is 86.6 Å². The highest BCUT2D eigenvalue weighted by atomic mass is 32.2. The molecule has 0 aliphatic heterocycles. The summed E-state index contributed by atoms with van der Waals surface area (Å²) in [6.07, 6.45) is 2.77. The highest BCUT2D eigenvalue weighted by Gasteiger charge is 2.33. The zero-order chi connectivity index (χ0) is 27.5. The third kappa shape index (κ3) is 7.92. The van der Waals surface area contributed by atoms with Gasteiger partial charge < -0.3 is 10.2 Å². The van der Waals surface area contributed by atoms with Crippen molar-refractivity contribution in [2.75, 3.05) is 23.7 Å². The summed E-state index contributed by atoms with van der Waals surface area (Å²) < 4.78 is 27.0. The Kier molecular flexibility index (Phi) is 10.5. The van der Waals surface area contributed by atoms with Crippen molar-refractivity contribution in [3.8, 4) is 0 Å².